The Labute approximate surface area is 153 Å². The SMILES string of the molecule is Cc1ccnc(Oc2ccc(NC(=O)CC3CC4CCC(C3)N4)cc2)n1. The quantitative estimate of drug-likeness (QED) is 0.862. The van der Waals surface area contributed by atoms with E-state index in [-0.39, 0.29) is 5.91 Å². The minimum atomic E-state index is 0.0898. The second kappa shape index (κ2) is 7.41. The highest BCUT2D eigenvalue weighted by Gasteiger charge is 2.34. The molecule has 2 aliphatic rings. The number of nitrogens with one attached hydrogen (secondary N) is 2. The Balaban J connectivity index is 1.30. The third-order valence-electron chi connectivity index (χ3n) is 5.16. The second-order valence-electron chi connectivity index (χ2n) is 7.33. The standard InChI is InChI=1S/C20H24N4O2/c1-13-8-9-21-20(22-13)26-18-6-4-15(5-7-18)24-19(25)12-14-10-16-2-3-17(11-14)23-16/h4-9,14,16-17,23H,2-3,10-12H2,1H3,(H,24,25). The summed E-state index contributed by atoms with van der Waals surface area (Å²) >= 11 is 0. The van der Waals surface area contributed by atoms with Crippen molar-refractivity contribution in [3.63, 3.8) is 0 Å². The van der Waals surface area contributed by atoms with E-state index in [1.165, 1.54) is 12.8 Å². The molecule has 1 aromatic carbocycles. The number of amides is 1. The fraction of sp³-hybridized carbons (Fsp3) is 0.450. The molecule has 0 spiro atoms. The van der Waals surface area contributed by atoms with Gasteiger partial charge in [0.1, 0.15) is 5.75 Å². The molecule has 136 valence electrons. The number of ether oxygens (including phenoxy) is 1. The molecular formula is C20H24N4O2. The first-order valence-electron chi connectivity index (χ1n) is 9.27. The van der Waals surface area contributed by atoms with Crippen LogP contribution >= 0.6 is 0 Å². The molecule has 2 bridgehead atoms. The summed E-state index contributed by atoms with van der Waals surface area (Å²) in [6.45, 7) is 1.89. The number of hydrogen-bond donors (Lipinski definition) is 2. The van der Waals surface area contributed by atoms with Gasteiger partial charge in [0, 0.05) is 36.1 Å². The Bertz CT molecular complexity index is 766. The van der Waals surface area contributed by atoms with Crippen molar-refractivity contribution in [1.82, 2.24) is 15.3 Å². The first-order valence-corrected chi connectivity index (χ1v) is 9.27. The van der Waals surface area contributed by atoms with Gasteiger partial charge in [0.2, 0.25) is 5.91 Å². The molecule has 3 heterocycles. The fourth-order valence-electron chi connectivity index (χ4n) is 4.00. The topological polar surface area (TPSA) is 76.1 Å². The molecule has 2 N–H and O–H groups in total. The zero-order valence-corrected chi connectivity index (χ0v) is 14.9. The van der Waals surface area contributed by atoms with Crippen LogP contribution in [-0.2, 0) is 4.79 Å². The van der Waals surface area contributed by atoms with Crippen LogP contribution < -0.4 is 15.4 Å². The number of hydrogen-bond acceptors (Lipinski definition) is 5. The zero-order chi connectivity index (χ0) is 17.9. The number of fused-ring (bicyclic) bond motifs is 2. The van der Waals surface area contributed by atoms with E-state index in [4.69, 9.17) is 4.74 Å². The Hall–Kier alpha value is -2.47. The number of aromatic nitrogens is 2. The fourth-order valence-corrected chi connectivity index (χ4v) is 4.00. The Kier molecular flexibility index (Phi) is 4.84. The third-order valence-corrected chi connectivity index (χ3v) is 5.16. The average Bonchev–Trinajstić information content (AvgIpc) is 2.95. The lowest BCUT2D eigenvalue weighted by atomic mass is 9.89. The van der Waals surface area contributed by atoms with Crippen molar-refractivity contribution in [2.24, 2.45) is 5.92 Å². The summed E-state index contributed by atoms with van der Waals surface area (Å²) in [5.74, 6) is 1.23. The first-order chi connectivity index (χ1) is 12.6. The van der Waals surface area contributed by atoms with E-state index in [9.17, 15) is 4.79 Å². The van der Waals surface area contributed by atoms with E-state index in [1.807, 2.05) is 37.3 Å². The van der Waals surface area contributed by atoms with E-state index in [0.717, 1.165) is 24.2 Å². The van der Waals surface area contributed by atoms with Crippen LogP contribution in [0.4, 0.5) is 5.69 Å². The molecular weight excluding hydrogens is 328 g/mol. The minimum absolute atomic E-state index is 0.0898. The summed E-state index contributed by atoms with van der Waals surface area (Å²) in [5, 5.41) is 6.61. The van der Waals surface area contributed by atoms with Crippen LogP contribution in [0.15, 0.2) is 36.5 Å². The predicted molar refractivity (Wildman–Crippen MR) is 99.2 cm³/mol. The number of benzene rings is 1. The van der Waals surface area contributed by atoms with Gasteiger partial charge in [0.15, 0.2) is 0 Å². The third kappa shape index (κ3) is 4.19. The van der Waals surface area contributed by atoms with Crippen LogP contribution in [0.5, 0.6) is 11.8 Å². The lowest BCUT2D eigenvalue weighted by molar-refractivity contribution is -0.117. The number of piperidine rings is 1. The van der Waals surface area contributed by atoms with Crippen molar-refractivity contribution in [1.29, 1.82) is 0 Å². The molecule has 1 aromatic heterocycles. The molecule has 1 amide bonds. The Morgan fingerprint density at radius 3 is 2.62 bits per heavy atom. The van der Waals surface area contributed by atoms with E-state index in [2.05, 4.69) is 20.6 Å². The van der Waals surface area contributed by atoms with Gasteiger partial charge in [-0.2, -0.15) is 0 Å². The molecule has 6 nitrogen and oxygen atoms in total. The summed E-state index contributed by atoms with van der Waals surface area (Å²) < 4.78 is 5.63. The molecule has 2 atom stereocenters. The van der Waals surface area contributed by atoms with E-state index < -0.39 is 0 Å². The first kappa shape index (κ1) is 17.0. The Morgan fingerprint density at radius 1 is 1.19 bits per heavy atom. The molecule has 2 aliphatic heterocycles. The smallest absolute Gasteiger partial charge is 0.322 e. The van der Waals surface area contributed by atoms with Gasteiger partial charge in [-0.15, -0.1) is 0 Å². The molecule has 26 heavy (non-hydrogen) atoms. The van der Waals surface area contributed by atoms with Gasteiger partial charge in [0.25, 0.3) is 0 Å². The highest BCUT2D eigenvalue weighted by atomic mass is 16.5. The monoisotopic (exact) mass is 352 g/mol. The summed E-state index contributed by atoms with van der Waals surface area (Å²) in [7, 11) is 0. The number of carbonyl (C=O) groups excluding carboxylic acids is 1. The molecule has 6 heteroatoms. The Morgan fingerprint density at radius 2 is 1.92 bits per heavy atom. The van der Waals surface area contributed by atoms with Gasteiger partial charge >= 0.3 is 6.01 Å². The van der Waals surface area contributed by atoms with E-state index in [1.54, 1.807) is 6.20 Å². The van der Waals surface area contributed by atoms with Crippen molar-refractivity contribution in [3.05, 3.63) is 42.2 Å². The van der Waals surface area contributed by atoms with Crippen molar-refractivity contribution in [3.8, 4) is 11.8 Å². The van der Waals surface area contributed by atoms with E-state index >= 15 is 0 Å². The van der Waals surface area contributed by atoms with Gasteiger partial charge in [-0.05, 0) is 68.9 Å². The number of anilines is 1. The van der Waals surface area contributed by atoms with Gasteiger partial charge in [0.05, 0.1) is 0 Å². The van der Waals surface area contributed by atoms with Crippen LogP contribution in [0.2, 0.25) is 0 Å². The highest BCUT2D eigenvalue weighted by Crippen LogP contribution is 2.32. The molecule has 0 saturated carbocycles. The summed E-state index contributed by atoms with van der Waals surface area (Å²) in [6, 6.07) is 10.7. The van der Waals surface area contributed by atoms with Crippen LogP contribution in [-0.4, -0.2) is 28.0 Å². The molecule has 0 aliphatic carbocycles. The van der Waals surface area contributed by atoms with E-state index in [0.29, 0.717) is 36.2 Å². The van der Waals surface area contributed by atoms with Crippen molar-refractivity contribution < 1.29 is 9.53 Å². The molecule has 2 unspecified atom stereocenters. The average molecular weight is 352 g/mol. The molecule has 2 fully saturated rings. The van der Waals surface area contributed by atoms with Crippen LogP contribution in [0.1, 0.15) is 37.8 Å². The van der Waals surface area contributed by atoms with Crippen molar-refractivity contribution in [2.75, 3.05) is 5.32 Å². The largest absolute Gasteiger partial charge is 0.424 e. The highest BCUT2D eigenvalue weighted by molar-refractivity contribution is 5.90. The lowest BCUT2D eigenvalue weighted by Gasteiger charge is -2.28. The number of aryl methyl sites for hydroxylation is 1. The number of nitrogens with zero attached hydrogens (tertiary/aromatic N) is 2. The van der Waals surface area contributed by atoms with Crippen molar-refractivity contribution >= 4 is 11.6 Å². The van der Waals surface area contributed by atoms with Gasteiger partial charge < -0.3 is 15.4 Å². The lowest BCUT2D eigenvalue weighted by Crippen LogP contribution is -2.39. The van der Waals surface area contributed by atoms with Crippen molar-refractivity contribution in [2.45, 2.75) is 51.1 Å². The molecule has 0 radical (unpaired) electrons. The van der Waals surface area contributed by atoms with Gasteiger partial charge in [-0.3, -0.25) is 4.79 Å². The summed E-state index contributed by atoms with van der Waals surface area (Å²) in [6.07, 6.45) is 7.02. The van der Waals surface area contributed by atoms with Gasteiger partial charge in [-0.1, -0.05) is 0 Å². The minimum Gasteiger partial charge on any atom is -0.424 e. The number of rotatable bonds is 5. The van der Waals surface area contributed by atoms with Crippen LogP contribution in [0.3, 0.4) is 0 Å². The second-order valence-corrected chi connectivity index (χ2v) is 7.33. The summed E-state index contributed by atoms with van der Waals surface area (Å²) in [5.41, 5.74) is 1.63. The van der Waals surface area contributed by atoms with Crippen LogP contribution in [0, 0.1) is 12.8 Å². The maximum absolute atomic E-state index is 12.3. The normalized spacial score (nSPS) is 24.3. The van der Waals surface area contributed by atoms with Gasteiger partial charge in [-0.25, -0.2) is 9.97 Å². The molecule has 2 saturated heterocycles. The summed E-state index contributed by atoms with van der Waals surface area (Å²) in [4.78, 5) is 20.6. The molecule has 4 rings (SSSR count). The number of carbonyl (C=O) groups is 1. The maximum Gasteiger partial charge on any atom is 0.322 e. The predicted octanol–water partition coefficient (Wildman–Crippen LogP) is 3.44. The zero-order valence-electron chi connectivity index (χ0n) is 14.9. The maximum atomic E-state index is 12.3. The molecule has 2 aromatic rings. The van der Waals surface area contributed by atoms with Crippen LogP contribution in [0.25, 0.3) is 0 Å².